The average Bonchev–Trinajstić information content (AvgIpc) is 2.70. The largest absolute Gasteiger partial charge is 0.476 e. The molecule has 3 N–H and O–H groups in total. The van der Waals surface area contributed by atoms with E-state index in [-0.39, 0.29) is 24.2 Å². The maximum absolute atomic E-state index is 11.8. The molecule has 1 aromatic heterocycles. The molecule has 0 saturated carbocycles. The highest BCUT2D eigenvalue weighted by atomic mass is 16.4. The van der Waals surface area contributed by atoms with Gasteiger partial charge in [0.05, 0.1) is 5.69 Å². The Morgan fingerprint density at radius 1 is 1.24 bits per heavy atom. The van der Waals surface area contributed by atoms with E-state index in [4.69, 9.17) is 5.11 Å². The first-order chi connectivity index (χ1) is 9.72. The zero-order chi connectivity index (χ0) is 16.2. The Labute approximate surface area is 121 Å². The first kappa shape index (κ1) is 16.6. The molecular weight excluding hydrogens is 278 g/mol. The van der Waals surface area contributed by atoms with Crippen molar-refractivity contribution in [1.29, 1.82) is 0 Å². The number of rotatable bonds is 5. The molecule has 9 nitrogen and oxygen atoms in total. The van der Waals surface area contributed by atoms with Gasteiger partial charge in [-0.25, -0.2) is 14.3 Å². The minimum absolute atomic E-state index is 0.103. The highest BCUT2D eigenvalue weighted by Crippen LogP contribution is 2.17. The highest BCUT2D eigenvalue weighted by molar-refractivity contribution is 5.94. The molecule has 1 heterocycles. The van der Waals surface area contributed by atoms with E-state index in [1.54, 1.807) is 27.7 Å². The Balaban J connectivity index is 2.81. The fourth-order valence-corrected chi connectivity index (χ4v) is 1.76. The lowest BCUT2D eigenvalue weighted by Crippen LogP contribution is -2.43. The Hall–Kier alpha value is -2.45. The van der Waals surface area contributed by atoms with Crippen molar-refractivity contribution in [3.63, 3.8) is 0 Å². The number of aromatic nitrogens is 3. The number of nitrogens with one attached hydrogen (secondary N) is 2. The van der Waals surface area contributed by atoms with Gasteiger partial charge in [0, 0.05) is 6.04 Å². The molecule has 9 heteroatoms. The Morgan fingerprint density at radius 3 is 2.33 bits per heavy atom. The molecule has 116 valence electrons. The van der Waals surface area contributed by atoms with E-state index in [1.807, 2.05) is 0 Å². The highest BCUT2D eigenvalue weighted by Gasteiger charge is 2.23. The minimum Gasteiger partial charge on any atom is -0.476 e. The molecule has 1 aromatic rings. The number of hydrogen-bond acceptors (Lipinski definition) is 5. The van der Waals surface area contributed by atoms with E-state index in [1.165, 1.54) is 4.68 Å². The number of carbonyl (C=O) groups excluding carboxylic acids is 2. The molecule has 0 saturated heterocycles. The second kappa shape index (κ2) is 6.82. The van der Waals surface area contributed by atoms with E-state index in [2.05, 4.69) is 20.9 Å². The van der Waals surface area contributed by atoms with E-state index in [0.29, 0.717) is 5.69 Å². The lowest BCUT2D eigenvalue weighted by molar-refractivity contribution is -0.120. The first-order valence-electron chi connectivity index (χ1n) is 6.49. The summed E-state index contributed by atoms with van der Waals surface area (Å²) in [5.74, 6) is -1.98. The molecule has 0 spiro atoms. The van der Waals surface area contributed by atoms with Crippen LogP contribution in [0, 0.1) is 0 Å². The van der Waals surface area contributed by atoms with Gasteiger partial charge in [-0.3, -0.25) is 10.1 Å². The summed E-state index contributed by atoms with van der Waals surface area (Å²) in [6.45, 7) is 6.78. The predicted octanol–water partition coefficient (Wildman–Crippen LogP) is 0.334. The van der Waals surface area contributed by atoms with Crippen molar-refractivity contribution in [2.24, 2.45) is 0 Å². The molecule has 21 heavy (non-hydrogen) atoms. The summed E-state index contributed by atoms with van der Waals surface area (Å²) in [6.07, 6.45) is 0. The molecule has 0 fully saturated rings. The molecule has 0 aliphatic carbocycles. The summed E-state index contributed by atoms with van der Waals surface area (Å²) in [5.41, 5.74) is 0.145. The van der Waals surface area contributed by atoms with Crippen molar-refractivity contribution in [2.45, 2.75) is 46.2 Å². The summed E-state index contributed by atoms with van der Waals surface area (Å²) >= 11 is 0. The van der Waals surface area contributed by atoms with Gasteiger partial charge in [-0.1, -0.05) is 19.1 Å². The van der Waals surface area contributed by atoms with Gasteiger partial charge in [0.1, 0.15) is 6.54 Å². The van der Waals surface area contributed by atoms with Gasteiger partial charge in [0.15, 0.2) is 5.69 Å². The summed E-state index contributed by atoms with van der Waals surface area (Å²) in [5, 5.41) is 20.9. The number of urea groups is 1. The Morgan fingerprint density at radius 2 is 1.86 bits per heavy atom. The number of nitrogens with zero attached hydrogens (tertiary/aromatic N) is 3. The molecule has 1 rings (SSSR count). The van der Waals surface area contributed by atoms with Crippen molar-refractivity contribution in [3.8, 4) is 0 Å². The van der Waals surface area contributed by atoms with Crippen LogP contribution in [0.2, 0.25) is 0 Å². The maximum Gasteiger partial charge on any atom is 0.358 e. The monoisotopic (exact) mass is 297 g/mol. The van der Waals surface area contributed by atoms with Gasteiger partial charge in [0.25, 0.3) is 0 Å². The second-order valence-electron chi connectivity index (χ2n) is 5.12. The van der Waals surface area contributed by atoms with Gasteiger partial charge in [-0.2, -0.15) is 0 Å². The van der Waals surface area contributed by atoms with E-state index in [0.717, 1.165) is 0 Å². The third kappa shape index (κ3) is 4.55. The predicted molar refractivity (Wildman–Crippen MR) is 72.9 cm³/mol. The van der Waals surface area contributed by atoms with Crippen LogP contribution in [0.5, 0.6) is 0 Å². The molecule has 0 bridgehead atoms. The van der Waals surface area contributed by atoms with Gasteiger partial charge in [-0.15, -0.1) is 5.10 Å². The van der Waals surface area contributed by atoms with Crippen LogP contribution < -0.4 is 10.6 Å². The third-order valence-electron chi connectivity index (χ3n) is 2.49. The van der Waals surface area contributed by atoms with Crippen molar-refractivity contribution >= 4 is 17.9 Å². The van der Waals surface area contributed by atoms with Gasteiger partial charge in [-0.05, 0) is 19.8 Å². The standard InChI is InChI=1S/C12H19N5O4/c1-6(2)10-9(11(19)20)15-16-17(10)5-8(18)14-12(21)13-7(3)4/h6-7H,5H2,1-4H3,(H,19,20)(H2,13,14,18,21). The average molecular weight is 297 g/mol. The molecular formula is C12H19N5O4. The van der Waals surface area contributed by atoms with Crippen LogP contribution in [-0.4, -0.2) is 44.0 Å². The normalized spacial score (nSPS) is 10.8. The summed E-state index contributed by atoms with van der Waals surface area (Å²) in [7, 11) is 0. The second-order valence-corrected chi connectivity index (χ2v) is 5.12. The molecule has 0 radical (unpaired) electrons. The zero-order valence-electron chi connectivity index (χ0n) is 12.4. The number of carboxylic acid groups (broad SMARTS) is 1. The zero-order valence-corrected chi connectivity index (χ0v) is 12.4. The SMILES string of the molecule is CC(C)NC(=O)NC(=O)Cn1nnc(C(=O)O)c1C(C)C. The van der Waals surface area contributed by atoms with Crippen LogP contribution in [0.15, 0.2) is 0 Å². The number of hydrogen-bond donors (Lipinski definition) is 3. The van der Waals surface area contributed by atoms with Crippen LogP contribution in [0.1, 0.15) is 49.8 Å². The van der Waals surface area contributed by atoms with Gasteiger partial charge >= 0.3 is 12.0 Å². The van der Waals surface area contributed by atoms with Crippen LogP contribution >= 0.6 is 0 Å². The van der Waals surface area contributed by atoms with Crippen LogP contribution in [0.3, 0.4) is 0 Å². The quantitative estimate of drug-likeness (QED) is 0.719. The maximum atomic E-state index is 11.8. The Kier molecular flexibility index (Phi) is 5.39. The summed E-state index contributed by atoms with van der Waals surface area (Å²) in [4.78, 5) is 34.2. The number of amides is 3. The van der Waals surface area contributed by atoms with Crippen molar-refractivity contribution in [2.75, 3.05) is 0 Å². The van der Waals surface area contributed by atoms with Crippen LogP contribution in [-0.2, 0) is 11.3 Å². The fourth-order valence-electron chi connectivity index (χ4n) is 1.76. The lowest BCUT2D eigenvalue weighted by Gasteiger charge is -2.11. The van der Waals surface area contributed by atoms with Crippen molar-refractivity contribution in [3.05, 3.63) is 11.4 Å². The molecule has 0 aliphatic heterocycles. The smallest absolute Gasteiger partial charge is 0.358 e. The number of aromatic carboxylic acids is 1. The molecule has 3 amide bonds. The number of carbonyl (C=O) groups is 3. The summed E-state index contributed by atoms with van der Waals surface area (Å²) < 4.78 is 1.19. The van der Waals surface area contributed by atoms with Crippen molar-refractivity contribution in [1.82, 2.24) is 25.6 Å². The number of carboxylic acids is 1. The molecule has 0 atom stereocenters. The molecule has 0 aromatic carbocycles. The molecule has 0 unspecified atom stereocenters. The van der Waals surface area contributed by atoms with Gasteiger partial charge < -0.3 is 10.4 Å². The van der Waals surface area contributed by atoms with E-state index in [9.17, 15) is 14.4 Å². The van der Waals surface area contributed by atoms with E-state index < -0.39 is 17.9 Å². The third-order valence-corrected chi connectivity index (χ3v) is 2.49. The van der Waals surface area contributed by atoms with E-state index >= 15 is 0 Å². The lowest BCUT2D eigenvalue weighted by atomic mass is 10.1. The van der Waals surface area contributed by atoms with Crippen molar-refractivity contribution < 1.29 is 19.5 Å². The topological polar surface area (TPSA) is 126 Å². The number of imide groups is 1. The van der Waals surface area contributed by atoms with Crippen LogP contribution in [0.25, 0.3) is 0 Å². The minimum atomic E-state index is -1.21. The summed E-state index contributed by atoms with van der Waals surface area (Å²) in [6, 6.07) is -0.714. The van der Waals surface area contributed by atoms with Crippen LogP contribution in [0.4, 0.5) is 4.79 Å². The van der Waals surface area contributed by atoms with Gasteiger partial charge in [0.2, 0.25) is 5.91 Å². The molecule has 0 aliphatic rings. The first-order valence-corrected chi connectivity index (χ1v) is 6.49. The fraction of sp³-hybridized carbons (Fsp3) is 0.583. The Bertz CT molecular complexity index is 550.